The van der Waals surface area contributed by atoms with E-state index in [4.69, 9.17) is 11.2 Å². The van der Waals surface area contributed by atoms with Gasteiger partial charge in [-0.25, -0.2) is 4.79 Å². The second-order valence-corrected chi connectivity index (χ2v) is 10.3. The summed E-state index contributed by atoms with van der Waals surface area (Å²) in [5.74, 6) is 1.52. The summed E-state index contributed by atoms with van der Waals surface area (Å²) >= 11 is 0. The number of benzene rings is 2. The maximum absolute atomic E-state index is 14.1. The molecule has 3 unspecified atom stereocenters. The molecule has 0 aliphatic heterocycles. The number of amides is 3. The van der Waals surface area contributed by atoms with E-state index in [1.165, 1.54) is 4.90 Å². The Bertz CT molecular complexity index is 1170. The SMILES string of the molecule is C#Cc1ccc(C(C(=O)Nc2ccccc2C)N(CC=C)C(=O)C(NC(=O)OC(C)(C)C)C(C)CC)cc1. The van der Waals surface area contributed by atoms with Crippen molar-refractivity contribution in [3.05, 3.63) is 77.9 Å². The monoisotopic (exact) mass is 517 g/mol. The van der Waals surface area contributed by atoms with Crippen LogP contribution in [-0.4, -0.2) is 41.0 Å². The van der Waals surface area contributed by atoms with Crippen molar-refractivity contribution >= 4 is 23.6 Å². The van der Waals surface area contributed by atoms with Gasteiger partial charge < -0.3 is 20.3 Å². The van der Waals surface area contributed by atoms with E-state index in [9.17, 15) is 14.4 Å². The lowest BCUT2D eigenvalue weighted by atomic mass is 9.95. The zero-order valence-corrected chi connectivity index (χ0v) is 23.2. The number of ether oxygens (including phenoxy) is 1. The molecule has 3 atom stereocenters. The van der Waals surface area contributed by atoms with E-state index >= 15 is 0 Å². The number of carbonyl (C=O) groups excluding carboxylic acids is 3. The van der Waals surface area contributed by atoms with Gasteiger partial charge in [-0.3, -0.25) is 9.59 Å². The minimum Gasteiger partial charge on any atom is -0.444 e. The van der Waals surface area contributed by atoms with Crippen molar-refractivity contribution < 1.29 is 19.1 Å². The first-order valence-electron chi connectivity index (χ1n) is 12.8. The maximum Gasteiger partial charge on any atom is 0.408 e. The van der Waals surface area contributed by atoms with E-state index in [0.717, 1.165) is 5.56 Å². The zero-order chi connectivity index (χ0) is 28.5. The molecule has 2 rings (SSSR count). The Kier molecular flexibility index (Phi) is 10.7. The average Bonchev–Trinajstić information content (AvgIpc) is 2.87. The summed E-state index contributed by atoms with van der Waals surface area (Å²) in [6.45, 7) is 14.8. The van der Waals surface area contributed by atoms with Crippen LogP contribution >= 0.6 is 0 Å². The number of nitrogens with zero attached hydrogens (tertiary/aromatic N) is 1. The molecular weight excluding hydrogens is 478 g/mol. The molecular formula is C31H39N3O4. The molecule has 0 bridgehead atoms. The Morgan fingerprint density at radius 1 is 1.13 bits per heavy atom. The number of anilines is 1. The van der Waals surface area contributed by atoms with Crippen LogP contribution in [0.5, 0.6) is 0 Å². The Morgan fingerprint density at radius 3 is 2.29 bits per heavy atom. The minimum absolute atomic E-state index is 0.0739. The summed E-state index contributed by atoms with van der Waals surface area (Å²) in [5.41, 5.74) is 2.01. The number of hydrogen-bond acceptors (Lipinski definition) is 4. The first kappa shape index (κ1) is 30.2. The van der Waals surface area contributed by atoms with E-state index in [1.54, 1.807) is 57.2 Å². The molecule has 7 heteroatoms. The summed E-state index contributed by atoms with van der Waals surface area (Å²) in [7, 11) is 0. The second-order valence-electron chi connectivity index (χ2n) is 10.3. The highest BCUT2D eigenvalue weighted by atomic mass is 16.6. The molecule has 2 N–H and O–H groups in total. The Hall–Kier alpha value is -4.05. The smallest absolute Gasteiger partial charge is 0.408 e. The van der Waals surface area contributed by atoms with Gasteiger partial charge in [0, 0.05) is 17.8 Å². The molecule has 0 saturated heterocycles. The molecule has 0 radical (unpaired) electrons. The molecule has 0 fully saturated rings. The van der Waals surface area contributed by atoms with Gasteiger partial charge in [0.1, 0.15) is 17.7 Å². The highest BCUT2D eigenvalue weighted by molar-refractivity contribution is 5.99. The molecule has 2 aromatic rings. The molecule has 2 aromatic carbocycles. The molecule has 0 aliphatic rings. The molecule has 3 amide bonds. The van der Waals surface area contributed by atoms with Crippen LogP contribution < -0.4 is 10.6 Å². The minimum atomic E-state index is -1.01. The van der Waals surface area contributed by atoms with Gasteiger partial charge in [0.25, 0.3) is 5.91 Å². The standard InChI is InChI=1S/C31H39N3O4/c1-9-20-34(29(36)26(21(4)10-2)33-30(37)38-31(6,7)8)27(24-18-16-23(11-3)17-19-24)28(35)32-25-15-13-12-14-22(25)5/h3,9,12-19,21,26-27H,1,10,20H2,2,4-8H3,(H,32,35)(H,33,37). The van der Waals surface area contributed by atoms with Gasteiger partial charge in [0.2, 0.25) is 5.91 Å². The number of alkyl carbamates (subject to hydrolysis) is 1. The quantitative estimate of drug-likeness (QED) is 0.317. The number of aryl methyl sites for hydroxylation is 1. The number of hydrogen-bond donors (Lipinski definition) is 2. The van der Waals surface area contributed by atoms with E-state index in [0.29, 0.717) is 23.2 Å². The summed E-state index contributed by atoms with van der Waals surface area (Å²) in [6, 6.07) is 12.4. The van der Waals surface area contributed by atoms with Crippen LogP contribution in [-0.2, 0) is 14.3 Å². The summed E-state index contributed by atoms with van der Waals surface area (Å²) in [5, 5.41) is 5.71. The molecule has 0 spiro atoms. The van der Waals surface area contributed by atoms with Gasteiger partial charge in [0.15, 0.2) is 0 Å². The molecule has 7 nitrogen and oxygen atoms in total. The van der Waals surface area contributed by atoms with Crippen molar-refractivity contribution in [2.24, 2.45) is 5.92 Å². The maximum atomic E-state index is 14.1. The van der Waals surface area contributed by atoms with Crippen LogP contribution in [0.3, 0.4) is 0 Å². The van der Waals surface area contributed by atoms with Gasteiger partial charge in [-0.15, -0.1) is 13.0 Å². The van der Waals surface area contributed by atoms with Crippen LogP contribution in [0.15, 0.2) is 61.2 Å². The molecule has 0 aliphatic carbocycles. The van der Waals surface area contributed by atoms with E-state index in [-0.39, 0.29) is 12.5 Å². The predicted molar refractivity (Wildman–Crippen MR) is 151 cm³/mol. The lowest BCUT2D eigenvalue weighted by Gasteiger charge is -2.35. The number of nitrogens with one attached hydrogen (secondary N) is 2. The van der Waals surface area contributed by atoms with Crippen LogP contribution in [0, 0.1) is 25.2 Å². The average molecular weight is 518 g/mol. The third kappa shape index (κ3) is 8.24. The number of para-hydroxylation sites is 1. The third-order valence-corrected chi connectivity index (χ3v) is 6.12. The van der Waals surface area contributed by atoms with Gasteiger partial charge in [0.05, 0.1) is 0 Å². The van der Waals surface area contributed by atoms with E-state index in [2.05, 4.69) is 23.1 Å². The summed E-state index contributed by atoms with van der Waals surface area (Å²) < 4.78 is 5.42. The second kappa shape index (κ2) is 13.5. The fourth-order valence-corrected chi connectivity index (χ4v) is 3.91. The normalized spacial score (nSPS) is 13.3. The Morgan fingerprint density at radius 2 is 1.76 bits per heavy atom. The summed E-state index contributed by atoms with van der Waals surface area (Å²) in [4.78, 5) is 42.0. The molecule has 0 heterocycles. The molecule has 0 aromatic heterocycles. The predicted octanol–water partition coefficient (Wildman–Crippen LogP) is 5.61. The molecule has 38 heavy (non-hydrogen) atoms. The highest BCUT2D eigenvalue weighted by Gasteiger charge is 2.37. The topological polar surface area (TPSA) is 87.7 Å². The first-order chi connectivity index (χ1) is 17.9. The van der Waals surface area contributed by atoms with Gasteiger partial charge in [-0.1, -0.05) is 62.6 Å². The number of carbonyl (C=O) groups is 3. The van der Waals surface area contributed by atoms with Crippen molar-refractivity contribution in [3.8, 4) is 12.3 Å². The van der Waals surface area contributed by atoms with Gasteiger partial charge in [-0.2, -0.15) is 0 Å². The van der Waals surface area contributed by atoms with E-state index < -0.39 is 35.6 Å². The largest absolute Gasteiger partial charge is 0.444 e. The lowest BCUT2D eigenvalue weighted by Crippen LogP contribution is -2.54. The molecule has 202 valence electrons. The van der Waals surface area contributed by atoms with Crippen molar-refractivity contribution in [3.63, 3.8) is 0 Å². The van der Waals surface area contributed by atoms with Gasteiger partial charge in [-0.05, 0) is 62.9 Å². The fraction of sp³-hybridized carbons (Fsp3) is 0.387. The molecule has 0 saturated carbocycles. The van der Waals surface area contributed by atoms with Gasteiger partial charge >= 0.3 is 6.09 Å². The Labute approximate surface area is 226 Å². The van der Waals surface area contributed by atoms with E-state index in [1.807, 2.05) is 39.0 Å². The van der Waals surface area contributed by atoms with Crippen LogP contribution in [0.25, 0.3) is 0 Å². The van der Waals surface area contributed by atoms with Crippen molar-refractivity contribution in [2.75, 3.05) is 11.9 Å². The van der Waals surface area contributed by atoms with Crippen molar-refractivity contribution in [1.82, 2.24) is 10.2 Å². The lowest BCUT2D eigenvalue weighted by molar-refractivity contribution is -0.141. The van der Waals surface area contributed by atoms with Crippen LogP contribution in [0.2, 0.25) is 0 Å². The number of terminal acetylenes is 1. The fourth-order valence-electron chi connectivity index (χ4n) is 3.91. The first-order valence-corrected chi connectivity index (χ1v) is 12.8. The van der Waals surface area contributed by atoms with Crippen molar-refractivity contribution in [2.45, 2.75) is 65.6 Å². The zero-order valence-electron chi connectivity index (χ0n) is 23.2. The summed E-state index contributed by atoms with van der Waals surface area (Å²) in [6.07, 6.45) is 7.00. The van der Waals surface area contributed by atoms with Crippen LogP contribution in [0.4, 0.5) is 10.5 Å². The van der Waals surface area contributed by atoms with Crippen molar-refractivity contribution in [1.29, 1.82) is 0 Å². The Balaban J connectivity index is 2.55. The number of rotatable bonds is 10. The highest BCUT2D eigenvalue weighted by Crippen LogP contribution is 2.27. The van der Waals surface area contributed by atoms with Crippen LogP contribution in [0.1, 0.15) is 63.8 Å². The third-order valence-electron chi connectivity index (χ3n) is 6.12.